The minimum atomic E-state index is -2.45. The lowest BCUT2D eigenvalue weighted by atomic mass is 9.81. The van der Waals surface area contributed by atoms with Gasteiger partial charge in [-0.3, -0.25) is 4.99 Å². The van der Waals surface area contributed by atoms with Crippen molar-refractivity contribution in [3.63, 3.8) is 0 Å². The molecule has 3 nitrogen and oxygen atoms in total. The van der Waals surface area contributed by atoms with E-state index in [1.54, 1.807) is 0 Å². The summed E-state index contributed by atoms with van der Waals surface area (Å²) in [6.07, 6.45) is -0.0606. The van der Waals surface area contributed by atoms with Crippen molar-refractivity contribution >= 4 is 5.96 Å². The summed E-state index contributed by atoms with van der Waals surface area (Å²) >= 11 is 0. The van der Waals surface area contributed by atoms with E-state index in [2.05, 4.69) is 10.3 Å². The molecule has 0 unspecified atom stereocenters. The van der Waals surface area contributed by atoms with E-state index in [0.29, 0.717) is 25.0 Å². The fraction of sp³-hybridized carbons (Fsp3) is 0.900. The third kappa shape index (κ3) is 4.44. The predicted octanol–water partition coefficient (Wildman–Crippen LogP) is 1.59. The van der Waals surface area contributed by atoms with Crippen LogP contribution in [0.25, 0.3) is 0 Å². The van der Waals surface area contributed by atoms with Crippen molar-refractivity contribution in [2.45, 2.75) is 32.6 Å². The molecule has 3 N–H and O–H groups in total. The number of alkyl halides is 2. The van der Waals surface area contributed by atoms with Crippen molar-refractivity contribution in [2.75, 3.05) is 13.1 Å². The summed E-state index contributed by atoms with van der Waals surface area (Å²) in [6.45, 7) is 5.26. The highest BCUT2D eigenvalue weighted by molar-refractivity contribution is 5.77. The Kier molecular flexibility index (Phi) is 3.88. The van der Waals surface area contributed by atoms with Gasteiger partial charge in [0.05, 0.1) is 0 Å². The van der Waals surface area contributed by atoms with E-state index >= 15 is 0 Å². The maximum atomic E-state index is 12.5. The van der Waals surface area contributed by atoms with Crippen LogP contribution in [0.5, 0.6) is 0 Å². The molecule has 0 aliphatic heterocycles. The van der Waals surface area contributed by atoms with Crippen LogP contribution in [0, 0.1) is 11.8 Å². The molecular weight excluding hydrogens is 200 g/mol. The lowest BCUT2D eigenvalue weighted by Gasteiger charge is -2.34. The van der Waals surface area contributed by atoms with Crippen molar-refractivity contribution in [1.29, 1.82) is 0 Å². The average molecular weight is 219 g/mol. The smallest absolute Gasteiger partial charge is 0.248 e. The Bertz CT molecular complexity index is 231. The van der Waals surface area contributed by atoms with Crippen LogP contribution in [0.4, 0.5) is 8.78 Å². The van der Waals surface area contributed by atoms with Gasteiger partial charge in [0.25, 0.3) is 0 Å². The van der Waals surface area contributed by atoms with Gasteiger partial charge >= 0.3 is 0 Å². The molecule has 0 radical (unpaired) electrons. The Morgan fingerprint density at radius 2 is 2.13 bits per heavy atom. The molecule has 0 aromatic rings. The maximum absolute atomic E-state index is 12.5. The van der Waals surface area contributed by atoms with Crippen molar-refractivity contribution in [3.8, 4) is 0 Å². The van der Waals surface area contributed by atoms with E-state index in [1.165, 1.54) is 0 Å². The first-order chi connectivity index (χ1) is 6.89. The second-order valence-corrected chi connectivity index (χ2v) is 4.63. The van der Waals surface area contributed by atoms with E-state index in [0.717, 1.165) is 0 Å². The summed E-state index contributed by atoms with van der Waals surface area (Å²) in [5.74, 6) is -1.60. The molecule has 0 heterocycles. The van der Waals surface area contributed by atoms with Crippen LogP contribution in [0.15, 0.2) is 4.99 Å². The number of hydrogen-bond acceptors (Lipinski definition) is 1. The van der Waals surface area contributed by atoms with Crippen molar-refractivity contribution in [1.82, 2.24) is 5.32 Å². The van der Waals surface area contributed by atoms with Gasteiger partial charge in [-0.2, -0.15) is 0 Å². The van der Waals surface area contributed by atoms with Gasteiger partial charge in [0.15, 0.2) is 5.96 Å². The van der Waals surface area contributed by atoms with Gasteiger partial charge in [-0.25, -0.2) is 8.78 Å². The molecule has 88 valence electrons. The minimum absolute atomic E-state index is 0.0303. The SMILES string of the molecule is CC(C)CN=C(N)NCC1CC(F)(F)C1. The zero-order valence-electron chi connectivity index (χ0n) is 9.26. The van der Waals surface area contributed by atoms with Gasteiger partial charge in [0.2, 0.25) is 5.92 Å². The summed E-state index contributed by atoms with van der Waals surface area (Å²) in [7, 11) is 0. The third-order valence-corrected chi connectivity index (χ3v) is 2.37. The number of nitrogens with zero attached hydrogens (tertiary/aromatic N) is 1. The van der Waals surface area contributed by atoms with Crippen LogP contribution in [0.2, 0.25) is 0 Å². The molecule has 0 atom stereocenters. The minimum Gasteiger partial charge on any atom is -0.370 e. The van der Waals surface area contributed by atoms with Gasteiger partial charge in [-0.05, 0) is 11.8 Å². The van der Waals surface area contributed by atoms with Crippen LogP contribution in [-0.4, -0.2) is 25.0 Å². The maximum Gasteiger partial charge on any atom is 0.248 e. The van der Waals surface area contributed by atoms with E-state index in [-0.39, 0.29) is 18.8 Å². The van der Waals surface area contributed by atoms with Crippen LogP contribution in [0.1, 0.15) is 26.7 Å². The molecule has 0 amide bonds. The van der Waals surface area contributed by atoms with E-state index in [1.807, 2.05) is 13.8 Å². The Morgan fingerprint density at radius 3 is 2.60 bits per heavy atom. The standard InChI is InChI=1S/C10H19F2N3/c1-7(2)5-14-9(13)15-6-8-3-10(11,12)4-8/h7-8H,3-6H2,1-2H3,(H3,13,14,15). The van der Waals surface area contributed by atoms with Gasteiger partial charge in [0.1, 0.15) is 0 Å². The van der Waals surface area contributed by atoms with Crippen molar-refractivity contribution < 1.29 is 8.78 Å². The highest BCUT2D eigenvalue weighted by atomic mass is 19.3. The second kappa shape index (κ2) is 4.77. The molecule has 0 aromatic carbocycles. The zero-order chi connectivity index (χ0) is 11.5. The molecule has 1 saturated carbocycles. The number of nitrogens with one attached hydrogen (secondary N) is 1. The van der Waals surface area contributed by atoms with Crippen molar-refractivity contribution in [2.24, 2.45) is 22.6 Å². The first kappa shape index (κ1) is 12.2. The number of nitrogens with two attached hydrogens (primary N) is 1. The van der Waals surface area contributed by atoms with Crippen LogP contribution < -0.4 is 11.1 Å². The number of aliphatic imine (C=N–C) groups is 1. The highest BCUT2D eigenvalue weighted by Gasteiger charge is 2.44. The Labute approximate surface area is 89.1 Å². The topological polar surface area (TPSA) is 50.4 Å². The summed E-state index contributed by atoms with van der Waals surface area (Å²) in [5.41, 5.74) is 5.57. The Hall–Kier alpha value is -0.870. The highest BCUT2D eigenvalue weighted by Crippen LogP contribution is 2.41. The lowest BCUT2D eigenvalue weighted by Crippen LogP contribution is -2.44. The fourth-order valence-corrected chi connectivity index (χ4v) is 1.51. The third-order valence-electron chi connectivity index (χ3n) is 2.37. The summed E-state index contributed by atoms with van der Waals surface area (Å²) in [5, 5.41) is 2.87. The second-order valence-electron chi connectivity index (χ2n) is 4.63. The normalized spacial score (nSPS) is 21.5. The number of halogens is 2. The molecule has 1 aliphatic carbocycles. The van der Waals surface area contributed by atoms with Gasteiger partial charge in [-0.1, -0.05) is 13.8 Å². The Morgan fingerprint density at radius 1 is 1.53 bits per heavy atom. The number of rotatable bonds is 4. The zero-order valence-corrected chi connectivity index (χ0v) is 9.26. The first-order valence-corrected chi connectivity index (χ1v) is 5.30. The largest absolute Gasteiger partial charge is 0.370 e. The summed E-state index contributed by atoms with van der Waals surface area (Å²) in [6, 6.07) is 0. The molecule has 15 heavy (non-hydrogen) atoms. The van der Waals surface area contributed by atoms with Crippen LogP contribution >= 0.6 is 0 Å². The van der Waals surface area contributed by atoms with Crippen LogP contribution in [0.3, 0.4) is 0 Å². The average Bonchev–Trinajstić information content (AvgIpc) is 2.07. The Balaban J connectivity index is 2.13. The molecule has 1 aliphatic rings. The predicted molar refractivity (Wildman–Crippen MR) is 57.0 cm³/mol. The molecule has 0 aromatic heterocycles. The lowest BCUT2D eigenvalue weighted by molar-refractivity contribution is -0.108. The molecular formula is C10H19F2N3. The van der Waals surface area contributed by atoms with E-state index in [4.69, 9.17) is 5.73 Å². The molecule has 1 rings (SSSR count). The number of guanidine groups is 1. The quantitative estimate of drug-likeness (QED) is 0.557. The summed E-state index contributed by atoms with van der Waals surface area (Å²) in [4.78, 5) is 4.09. The van der Waals surface area contributed by atoms with Gasteiger partial charge < -0.3 is 11.1 Å². The first-order valence-electron chi connectivity index (χ1n) is 5.30. The van der Waals surface area contributed by atoms with Gasteiger partial charge in [0, 0.05) is 25.9 Å². The molecule has 0 saturated heterocycles. The molecule has 0 spiro atoms. The fourth-order valence-electron chi connectivity index (χ4n) is 1.51. The van der Waals surface area contributed by atoms with Crippen LogP contribution in [-0.2, 0) is 0 Å². The molecule has 0 bridgehead atoms. The molecule has 5 heteroatoms. The van der Waals surface area contributed by atoms with Crippen molar-refractivity contribution in [3.05, 3.63) is 0 Å². The van der Waals surface area contributed by atoms with Gasteiger partial charge in [-0.15, -0.1) is 0 Å². The van der Waals surface area contributed by atoms with E-state index < -0.39 is 5.92 Å². The number of hydrogen-bond donors (Lipinski definition) is 2. The monoisotopic (exact) mass is 219 g/mol. The molecule has 1 fully saturated rings. The van der Waals surface area contributed by atoms with E-state index in [9.17, 15) is 8.78 Å². The summed E-state index contributed by atoms with van der Waals surface area (Å²) < 4.78 is 25.0.